The SMILES string of the molecule is C[C@H]1[C@H]([Si](C)(C)F)[C@@H](CCn2cc(C(CO)c3ccccc3)nn2)O[C@]12C(=O)N(Cc1cccc(N3CN(c4ccccc4)C4(CCNCC4)C3=O)c1)c1ccc(N3CN(c4ccccc4)C4(CCNCC4)C3=O)cc12. The number of aliphatic hydroxyl groups is 1. The maximum atomic E-state index is 17.3. The zero-order valence-corrected chi connectivity index (χ0v) is 44.5. The van der Waals surface area contributed by atoms with E-state index < -0.39 is 42.6 Å². The Morgan fingerprint density at radius 1 is 0.711 bits per heavy atom. The summed E-state index contributed by atoms with van der Waals surface area (Å²) in [4.78, 5) is 55.9. The molecule has 0 saturated carbocycles. The van der Waals surface area contributed by atoms with Gasteiger partial charge in [-0.2, -0.15) is 0 Å². The van der Waals surface area contributed by atoms with Gasteiger partial charge in [-0.15, -0.1) is 5.10 Å². The number of aliphatic hydroxyl groups excluding tert-OH is 1. The number of carbonyl (C=O) groups excluding carboxylic acids is 3. The van der Waals surface area contributed by atoms with Gasteiger partial charge in [0.2, 0.25) is 8.41 Å². The van der Waals surface area contributed by atoms with Crippen molar-refractivity contribution >= 4 is 54.6 Å². The van der Waals surface area contributed by atoms with Crippen LogP contribution >= 0.6 is 0 Å². The van der Waals surface area contributed by atoms with Crippen LogP contribution in [0.15, 0.2) is 140 Å². The van der Waals surface area contributed by atoms with Crippen LogP contribution in [0, 0.1) is 5.92 Å². The average Bonchev–Trinajstić information content (AvgIpc) is 4.43. The van der Waals surface area contributed by atoms with E-state index in [-0.39, 0.29) is 36.8 Å². The minimum absolute atomic E-state index is 0.00903. The van der Waals surface area contributed by atoms with Gasteiger partial charge < -0.3 is 39.3 Å². The summed E-state index contributed by atoms with van der Waals surface area (Å²) in [5, 5.41) is 26.2. The van der Waals surface area contributed by atoms with E-state index in [1.807, 2.05) is 132 Å². The van der Waals surface area contributed by atoms with Crippen molar-refractivity contribution in [3.8, 4) is 0 Å². The van der Waals surface area contributed by atoms with Crippen molar-refractivity contribution in [2.24, 2.45) is 5.92 Å². The lowest BCUT2D eigenvalue weighted by atomic mass is 9.82. The van der Waals surface area contributed by atoms with Gasteiger partial charge in [0.25, 0.3) is 17.7 Å². The quantitative estimate of drug-likeness (QED) is 0.0772. The largest absolute Gasteiger partial charge is 0.395 e. The molecule has 7 heterocycles. The van der Waals surface area contributed by atoms with Gasteiger partial charge >= 0.3 is 0 Å². The first-order chi connectivity index (χ1) is 36.9. The number of halogens is 1. The Kier molecular flexibility index (Phi) is 13.0. The summed E-state index contributed by atoms with van der Waals surface area (Å²) >= 11 is 0. The Morgan fingerprint density at radius 2 is 1.26 bits per heavy atom. The number of carbonyl (C=O) groups is 3. The van der Waals surface area contributed by atoms with Crippen molar-refractivity contribution < 1.29 is 28.3 Å². The minimum Gasteiger partial charge on any atom is -0.395 e. The van der Waals surface area contributed by atoms with Crippen LogP contribution in [0.2, 0.25) is 18.6 Å². The molecule has 5 aromatic carbocycles. The van der Waals surface area contributed by atoms with Crippen molar-refractivity contribution in [2.45, 2.75) is 99.5 Å². The fourth-order valence-corrected chi connectivity index (χ4v) is 16.4. The van der Waals surface area contributed by atoms with Gasteiger partial charge in [0, 0.05) is 52.5 Å². The maximum absolute atomic E-state index is 17.3. The van der Waals surface area contributed by atoms with E-state index in [9.17, 15) is 9.90 Å². The van der Waals surface area contributed by atoms with E-state index in [2.05, 4.69) is 55.0 Å². The van der Waals surface area contributed by atoms with E-state index in [4.69, 9.17) is 4.74 Å². The number of para-hydroxylation sites is 2. The van der Waals surface area contributed by atoms with Crippen molar-refractivity contribution in [1.82, 2.24) is 25.6 Å². The molecule has 6 aromatic rings. The second kappa shape index (κ2) is 19.7. The van der Waals surface area contributed by atoms with E-state index in [1.54, 1.807) is 22.7 Å². The van der Waals surface area contributed by atoms with Gasteiger partial charge in [-0.3, -0.25) is 28.9 Å². The predicted octanol–water partition coefficient (Wildman–Crippen LogP) is 7.68. The number of aryl methyl sites for hydroxylation is 1. The number of amides is 3. The van der Waals surface area contributed by atoms with E-state index in [1.165, 1.54) is 0 Å². The summed E-state index contributed by atoms with van der Waals surface area (Å²) in [5.41, 5.74) is 3.37. The first-order valence-electron chi connectivity index (χ1n) is 27.0. The van der Waals surface area contributed by atoms with Crippen molar-refractivity contribution in [2.75, 3.05) is 70.6 Å². The van der Waals surface area contributed by atoms with E-state index in [0.29, 0.717) is 87.7 Å². The van der Waals surface area contributed by atoms with Crippen LogP contribution in [0.3, 0.4) is 0 Å². The molecule has 1 unspecified atom stereocenters. The highest BCUT2D eigenvalue weighted by molar-refractivity contribution is 6.72. The molecule has 6 aliphatic heterocycles. The molecule has 0 radical (unpaired) electrons. The molecule has 15 nitrogen and oxygen atoms in total. The van der Waals surface area contributed by atoms with Crippen molar-refractivity contribution in [3.63, 3.8) is 0 Å². The van der Waals surface area contributed by atoms with Crippen molar-refractivity contribution in [1.29, 1.82) is 0 Å². The normalized spacial score (nSPS) is 24.5. The van der Waals surface area contributed by atoms with Crippen LogP contribution in [0.25, 0.3) is 0 Å². The Labute approximate surface area is 444 Å². The zero-order valence-electron chi connectivity index (χ0n) is 43.5. The molecule has 5 saturated heterocycles. The summed E-state index contributed by atoms with van der Waals surface area (Å²) in [6, 6.07) is 43.7. The first kappa shape index (κ1) is 50.1. The molecular formula is C59H67FN10O5Si. The molecule has 3 spiro atoms. The molecular weight excluding hydrogens is 976 g/mol. The number of rotatable bonds is 13. The fourth-order valence-electron chi connectivity index (χ4n) is 13.9. The number of nitrogens with one attached hydrogen (secondary N) is 2. The molecule has 0 bridgehead atoms. The summed E-state index contributed by atoms with van der Waals surface area (Å²) in [6.45, 7) is 9.34. The average molecular weight is 1040 g/mol. The van der Waals surface area contributed by atoms with Crippen LogP contribution in [0.5, 0.6) is 0 Å². The van der Waals surface area contributed by atoms with Gasteiger partial charge in [0.05, 0.1) is 49.9 Å². The third kappa shape index (κ3) is 8.24. The fraction of sp³-hybridized carbons (Fsp3) is 0.407. The molecule has 0 aliphatic carbocycles. The minimum atomic E-state index is -3.59. The van der Waals surface area contributed by atoms with Gasteiger partial charge in [0.15, 0.2) is 5.60 Å². The molecule has 3 N–H and O–H groups in total. The number of hydrogen-bond donors (Lipinski definition) is 3. The highest BCUT2D eigenvalue weighted by Gasteiger charge is 2.67. The summed E-state index contributed by atoms with van der Waals surface area (Å²) in [7, 11) is -3.59. The van der Waals surface area contributed by atoms with Crippen LogP contribution in [0.4, 0.5) is 32.5 Å². The van der Waals surface area contributed by atoms with Crippen LogP contribution in [-0.2, 0) is 37.8 Å². The summed E-state index contributed by atoms with van der Waals surface area (Å²) < 4.78 is 26.3. The topological polar surface area (TPSA) is 152 Å². The highest BCUT2D eigenvalue weighted by atomic mass is 28.4. The van der Waals surface area contributed by atoms with E-state index in [0.717, 1.165) is 41.3 Å². The molecule has 394 valence electrons. The number of fused-ring (bicyclic) bond motifs is 2. The molecule has 5 fully saturated rings. The van der Waals surface area contributed by atoms with Crippen LogP contribution in [-0.4, -0.2) is 110 Å². The standard InChI is InChI=1S/C59H67FN10O5Si/c1-41-53(76(2,3)60)52(24-33-65-37-50(63-64-65)48(38-71)43-15-7-4-8-16-43)75-59(41)49-35-47(68-40-70(45-19-11-6-12-20-45)58(55(68)73)27-31-62-32-28-58)22-23-51(49)66(56(59)74)36-42-14-13-21-46(34-42)67-39-69(44-17-9-5-10-18-44)57(54(67)72)25-29-61-30-26-57/h4-23,34-35,37,41,48,52-53,61-62,71H,24-33,36,38-40H2,1-3H3/t41-,48?,52+,53-,59+/m0/s1. The maximum Gasteiger partial charge on any atom is 0.264 e. The Balaban J connectivity index is 0.904. The number of hydrogen-bond acceptors (Lipinski definition) is 11. The number of ether oxygens (including phenoxy) is 1. The third-order valence-electron chi connectivity index (χ3n) is 17.6. The lowest BCUT2D eigenvalue weighted by Crippen LogP contribution is -2.55. The molecule has 76 heavy (non-hydrogen) atoms. The smallest absolute Gasteiger partial charge is 0.264 e. The number of benzene rings is 5. The van der Waals surface area contributed by atoms with Crippen molar-refractivity contribution in [3.05, 3.63) is 162 Å². The van der Waals surface area contributed by atoms with Gasteiger partial charge in [-0.1, -0.05) is 91.0 Å². The van der Waals surface area contributed by atoms with Gasteiger partial charge in [-0.05, 0) is 137 Å². The number of aromatic nitrogens is 3. The Morgan fingerprint density at radius 3 is 1.83 bits per heavy atom. The molecule has 12 rings (SSSR count). The molecule has 17 heteroatoms. The third-order valence-corrected chi connectivity index (χ3v) is 20.1. The number of anilines is 5. The van der Waals surface area contributed by atoms with Crippen LogP contribution < -0.4 is 35.1 Å². The van der Waals surface area contributed by atoms with Gasteiger partial charge in [0.1, 0.15) is 11.1 Å². The molecule has 5 atom stereocenters. The Hall–Kier alpha value is -6.76. The van der Waals surface area contributed by atoms with Gasteiger partial charge in [-0.25, -0.2) is 0 Å². The second-order valence-corrected chi connectivity index (χ2v) is 26.0. The predicted molar refractivity (Wildman–Crippen MR) is 294 cm³/mol. The number of nitrogens with zero attached hydrogens (tertiary/aromatic N) is 8. The molecule has 3 amide bonds. The summed E-state index contributed by atoms with van der Waals surface area (Å²) in [5.74, 6) is -1.17. The van der Waals surface area contributed by atoms with E-state index >= 15 is 13.7 Å². The molecule has 1 aromatic heterocycles. The molecule has 6 aliphatic rings. The monoisotopic (exact) mass is 1040 g/mol. The Bertz CT molecular complexity index is 3110. The lowest BCUT2D eigenvalue weighted by Gasteiger charge is -2.39. The first-order valence-corrected chi connectivity index (χ1v) is 30.0. The second-order valence-electron chi connectivity index (χ2n) is 22.2. The zero-order chi connectivity index (χ0) is 52.4. The van der Waals surface area contributed by atoms with Crippen LogP contribution in [0.1, 0.15) is 67.3 Å². The lowest BCUT2D eigenvalue weighted by molar-refractivity contribution is -0.146. The number of piperidine rings is 2. The highest BCUT2D eigenvalue weighted by Crippen LogP contribution is 2.61. The summed E-state index contributed by atoms with van der Waals surface area (Å²) in [6.07, 6.45) is 4.16.